The lowest BCUT2D eigenvalue weighted by Gasteiger charge is -2.38. The summed E-state index contributed by atoms with van der Waals surface area (Å²) in [6.07, 6.45) is 4.97. The SMILES string of the molecule is CCCN(Cc1ccncc1)C1CNC1. The zero-order valence-corrected chi connectivity index (χ0v) is 9.32. The maximum atomic E-state index is 4.05. The average molecular weight is 205 g/mol. The Hall–Kier alpha value is -0.930. The van der Waals surface area contributed by atoms with Gasteiger partial charge in [0.05, 0.1) is 0 Å². The van der Waals surface area contributed by atoms with Crippen molar-refractivity contribution in [1.82, 2.24) is 15.2 Å². The standard InChI is InChI=1S/C12H19N3/c1-2-7-15(12-8-14-9-12)10-11-3-5-13-6-4-11/h3-6,12,14H,2,7-10H2,1H3. The molecule has 1 saturated heterocycles. The molecule has 0 spiro atoms. The summed E-state index contributed by atoms with van der Waals surface area (Å²) in [7, 11) is 0. The number of aromatic nitrogens is 1. The Kier molecular flexibility index (Phi) is 3.69. The maximum absolute atomic E-state index is 4.05. The molecule has 1 aliphatic heterocycles. The third-order valence-electron chi connectivity index (χ3n) is 2.92. The van der Waals surface area contributed by atoms with E-state index in [-0.39, 0.29) is 0 Å². The Morgan fingerprint density at radius 2 is 2.13 bits per heavy atom. The second-order valence-electron chi connectivity index (χ2n) is 4.14. The average Bonchev–Trinajstić information content (AvgIpc) is 2.17. The topological polar surface area (TPSA) is 28.2 Å². The van der Waals surface area contributed by atoms with Gasteiger partial charge in [0.15, 0.2) is 0 Å². The van der Waals surface area contributed by atoms with Crippen molar-refractivity contribution in [2.45, 2.75) is 25.9 Å². The van der Waals surface area contributed by atoms with Crippen LogP contribution in [-0.2, 0) is 6.54 Å². The van der Waals surface area contributed by atoms with Crippen LogP contribution in [0.5, 0.6) is 0 Å². The summed E-state index contributed by atoms with van der Waals surface area (Å²) >= 11 is 0. The van der Waals surface area contributed by atoms with E-state index in [0.29, 0.717) is 0 Å². The van der Waals surface area contributed by atoms with Gasteiger partial charge >= 0.3 is 0 Å². The molecule has 0 aliphatic carbocycles. The molecule has 82 valence electrons. The normalized spacial score (nSPS) is 16.7. The van der Waals surface area contributed by atoms with Crippen molar-refractivity contribution in [1.29, 1.82) is 0 Å². The molecule has 15 heavy (non-hydrogen) atoms. The van der Waals surface area contributed by atoms with Crippen LogP contribution in [0.15, 0.2) is 24.5 Å². The van der Waals surface area contributed by atoms with Gasteiger partial charge in [-0.25, -0.2) is 0 Å². The lowest BCUT2D eigenvalue weighted by atomic mass is 10.1. The minimum Gasteiger partial charge on any atom is -0.314 e. The lowest BCUT2D eigenvalue weighted by Crippen LogP contribution is -2.56. The van der Waals surface area contributed by atoms with Gasteiger partial charge < -0.3 is 5.32 Å². The molecule has 1 aliphatic rings. The fraction of sp³-hybridized carbons (Fsp3) is 0.583. The zero-order chi connectivity index (χ0) is 10.5. The fourth-order valence-electron chi connectivity index (χ4n) is 1.93. The van der Waals surface area contributed by atoms with E-state index in [1.807, 2.05) is 12.4 Å². The number of nitrogens with zero attached hydrogens (tertiary/aromatic N) is 2. The third-order valence-corrected chi connectivity index (χ3v) is 2.92. The summed E-state index contributed by atoms with van der Waals surface area (Å²) in [4.78, 5) is 6.61. The molecule has 1 fully saturated rings. The predicted octanol–water partition coefficient (Wildman–Crippen LogP) is 1.27. The van der Waals surface area contributed by atoms with Gasteiger partial charge in [0, 0.05) is 38.1 Å². The second-order valence-corrected chi connectivity index (χ2v) is 4.14. The molecule has 1 N–H and O–H groups in total. The van der Waals surface area contributed by atoms with Gasteiger partial charge in [0.2, 0.25) is 0 Å². The molecule has 0 atom stereocenters. The fourth-order valence-corrected chi connectivity index (χ4v) is 1.93. The summed E-state index contributed by atoms with van der Waals surface area (Å²) in [6, 6.07) is 4.95. The van der Waals surface area contributed by atoms with E-state index in [4.69, 9.17) is 0 Å². The second kappa shape index (κ2) is 5.24. The molecule has 2 rings (SSSR count). The highest BCUT2D eigenvalue weighted by molar-refractivity contribution is 5.10. The molecule has 0 unspecified atom stereocenters. The molecule has 0 amide bonds. The summed E-state index contributed by atoms with van der Waals surface area (Å²) < 4.78 is 0. The largest absolute Gasteiger partial charge is 0.314 e. The van der Waals surface area contributed by atoms with E-state index in [2.05, 4.69) is 34.3 Å². The van der Waals surface area contributed by atoms with E-state index >= 15 is 0 Å². The van der Waals surface area contributed by atoms with Crippen molar-refractivity contribution in [2.75, 3.05) is 19.6 Å². The van der Waals surface area contributed by atoms with Crippen LogP contribution >= 0.6 is 0 Å². The van der Waals surface area contributed by atoms with Crippen molar-refractivity contribution >= 4 is 0 Å². The molecule has 2 heterocycles. The van der Waals surface area contributed by atoms with Crippen molar-refractivity contribution < 1.29 is 0 Å². The smallest absolute Gasteiger partial charge is 0.0348 e. The van der Waals surface area contributed by atoms with Gasteiger partial charge in [0.1, 0.15) is 0 Å². The van der Waals surface area contributed by atoms with E-state index in [9.17, 15) is 0 Å². The first-order valence-corrected chi connectivity index (χ1v) is 5.74. The Morgan fingerprint density at radius 3 is 2.67 bits per heavy atom. The van der Waals surface area contributed by atoms with Crippen LogP contribution in [0.25, 0.3) is 0 Å². The molecule has 0 bridgehead atoms. The van der Waals surface area contributed by atoms with E-state index < -0.39 is 0 Å². The summed E-state index contributed by atoms with van der Waals surface area (Å²) in [5.74, 6) is 0. The van der Waals surface area contributed by atoms with Crippen molar-refractivity contribution in [3.8, 4) is 0 Å². The van der Waals surface area contributed by atoms with Gasteiger partial charge in [0.25, 0.3) is 0 Å². The monoisotopic (exact) mass is 205 g/mol. The van der Waals surface area contributed by atoms with Gasteiger partial charge in [-0.05, 0) is 30.7 Å². The summed E-state index contributed by atoms with van der Waals surface area (Å²) in [5, 5.41) is 3.33. The highest BCUT2D eigenvalue weighted by Gasteiger charge is 2.23. The van der Waals surface area contributed by atoms with Crippen molar-refractivity contribution in [3.63, 3.8) is 0 Å². The van der Waals surface area contributed by atoms with Crippen LogP contribution in [0, 0.1) is 0 Å². The molecule has 0 saturated carbocycles. The number of pyridine rings is 1. The minimum atomic E-state index is 0.734. The van der Waals surface area contributed by atoms with E-state index in [1.165, 1.54) is 18.5 Å². The Labute approximate surface area is 91.5 Å². The highest BCUT2D eigenvalue weighted by Crippen LogP contribution is 2.11. The van der Waals surface area contributed by atoms with Crippen LogP contribution in [-0.4, -0.2) is 35.6 Å². The summed E-state index contributed by atoms with van der Waals surface area (Å²) in [5.41, 5.74) is 1.37. The third kappa shape index (κ3) is 2.76. The Morgan fingerprint density at radius 1 is 1.40 bits per heavy atom. The van der Waals surface area contributed by atoms with Gasteiger partial charge in [-0.1, -0.05) is 6.92 Å². The van der Waals surface area contributed by atoms with Gasteiger partial charge in [-0.3, -0.25) is 9.88 Å². The quantitative estimate of drug-likeness (QED) is 0.784. The predicted molar refractivity (Wildman–Crippen MR) is 61.6 cm³/mol. The maximum Gasteiger partial charge on any atom is 0.0348 e. The number of hydrogen-bond donors (Lipinski definition) is 1. The van der Waals surface area contributed by atoms with E-state index in [1.54, 1.807) is 0 Å². The molecule has 0 aromatic carbocycles. The number of rotatable bonds is 5. The Balaban J connectivity index is 1.93. The first kappa shape index (κ1) is 10.6. The van der Waals surface area contributed by atoms with Crippen LogP contribution in [0.2, 0.25) is 0 Å². The van der Waals surface area contributed by atoms with Crippen molar-refractivity contribution in [3.05, 3.63) is 30.1 Å². The summed E-state index contributed by atoms with van der Waals surface area (Å²) in [6.45, 7) is 6.78. The van der Waals surface area contributed by atoms with Crippen LogP contribution in [0.1, 0.15) is 18.9 Å². The van der Waals surface area contributed by atoms with Crippen LogP contribution in [0.3, 0.4) is 0 Å². The molecule has 3 nitrogen and oxygen atoms in total. The van der Waals surface area contributed by atoms with Crippen LogP contribution < -0.4 is 5.32 Å². The molecule has 1 aromatic rings. The molecular weight excluding hydrogens is 186 g/mol. The molecular formula is C12H19N3. The van der Waals surface area contributed by atoms with Gasteiger partial charge in [-0.15, -0.1) is 0 Å². The number of nitrogens with one attached hydrogen (secondary N) is 1. The first-order chi connectivity index (χ1) is 7.40. The first-order valence-electron chi connectivity index (χ1n) is 5.74. The zero-order valence-electron chi connectivity index (χ0n) is 9.32. The van der Waals surface area contributed by atoms with E-state index in [0.717, 1.165) is 25.7 Å². The number of hydrogen-bond acceptors (Lipinski definition) is 3. The minimum absolute atomic E-state index is 0.734. The molecule has 3 heteroatoms. The Bertz CT molecular complexity index is 282. The molecule has 1 aromatic heterocycles. The van der Waals surface area contributed by atoms with Crippen molar-refractivity contribution in [2.24, 2.45) is 0 Å². The van der Waals surface area contributed by atoms with Gasteiger partial charge in [-0.2, -0.15) is 0 Å². The molecule has 0 radical (unpaired) electrons. The van der Waals surface area contributed by atoms with Crippen LogP contribution in [0.4, 0.5) is 0 Å². The lowest BCUT2D eigenvalue weighted by molar-refractivity contribution is 0.138. The highest BCUT2D eigenvalue weighted by atomic mass is 15.2.